The minimum absolute atomic E-state index is 0.767. The van der Waals surface area contributed by atoms with Gasteiger partial charge in [0.15, 0.2) is 0 Å². The molecule has 28 valence electrons. The summed E-state index contributed by atoms with van der Waals surface area (Å²) in [6, 6.07) is 0. The van der Waals surface area contributed by atoms with Crippen LogP contribution in [0.25, 0.3) is 0 Å². The molecule has 0 fully saturated rings. The van der Waals surface area contributed by atoms with E-state index in [2.05, 4.69) is 25.0 Å². The molecule has 0 amide bonds. The van der Waals surface area contributed by atoms with Crippen LogP contribution in [-0.4, -0.2) is 0 Å². The molecule has 1 heteroatoms. The van der Waals surface area contributed by atoms with E-state index < -0.39 is 0 Å². The van der Waals surface area contributed by atoms with E-state index in [1.54, 1.807) is 6.08 Å². The molecule has 0 saturated heterocycles. The van der Waals surface area contributed by atoms with Crippen LogP contribution in [0.5, 0.6) is 0 Å². The number of hydrogen-bond acceptors (Lipinski definition) is 1. The highest BCUT2D eigenvalue weighted by molar-refractivity contribution is 7.82. The van der Waals surface area contributed by atoms with E-state index in [4.69, 9.17) is 0 Å². The van der Waals surface area contributed by atoms with Crippen LogP contribution < -0.4 is 0 Å². The van der Waals surface area contributed by atoms with Gasteiger partial charge in [-0.25, -0.2) is 0 Å². The summed E-state index contributed by atoms with van der Waals surface area (Å²) in [4.78, 5) is 0. The summed E-state index contributed by atoms with van der Waals surface area (Å²) >= 11 is 3.68. The summed E-state index contributed by atoms with van der Waals surface area (Å²) in [7, 11) is 0. The van der Waals surface area contributed by atoms with E-state index in [-0.39, 0.29) is 0 Å². The molecule has 0 heterocycles. The predicted molar refractivity (Wildman–Crippen MR) is 27.0 cm³/mol. The van der Waals surface area contributed by atoms with Gasteiger partial charge >= 0.3 is 0 Å². The monoisotopic (exact) mass is 86.0 g/mol. The Bertz CT molecular complexity index is 24.8. The molecule has 0 atom stereocenters. The van der Waals surface area contributed by atoms with Gasteiger partial charge in [-0.05, 0) is 6.42 Å². The summed E-state index contributed by atoms with van der Waals surface area (Å²) in [5.74, 6) is 2.59. The Morgan fingerprint density at radius 2 is 2.60 bits per heavy atom. The van der Waals surface area contributed by atoms with Gasteiger partial charge in [0.05, 0.1) is 0 Å². The van der Waals surface area contributed by atoms with Gasteiger partial charge in [-0.2, -0.15) is 12.6 Å². The molecule has 0 spiro atoms. The number of hydrogen-bond donors (Lipinski definition) is 1. The van der Waals surface area contributed by atoms with E-state index in [0.717, 1.165) is 6.42 Å². The first kappa shape index (κ1) is 5.09. The molecule has 2 radical (unpaired) electrons. The summed E-state index contributed by atoms with van der Waals surface area (Å²) in [6.45, 7) is 3.44. The Hall–Kier alpha value is 0.0900. The van der Waals surface area contributed by atoms with E-state index in [1.807, 2.05) is 0 Å². The molecule has 0 aliphatic rings. The lowest BCUT2D eigenvalue weighted by molar-refractivity contribution is 1.39. The third-order valence-corrected chi connectivity index (χ3v) is 0.418. The fraction of sp³-hybridized carbons (Fsp3) is 0.250. The molecule has 0 aromatic rings. The molecule has 0 aromatic carbocycles. The third kappa shape index (κ3) is 4.09. The molecule has 0 unspecified atom stereocenters. The molecule has 0 N–H and O–H groups in total. The van der Waals surface area contributed by atoms with E-state index in [1.165, 1.54) is 0 Å². The zero-order valence-corrected chi connectivity index (χ0v) is 3.83. The van der Waals surface area contributed by atoms with Crippen molar-refractivity contribution in [2.45, 2.75) is 6.42 Å². The van der Waals surface area contributed by atoms with Crippen LogP contribution in [0.1, 0.15) is 6.42 Å². The Balaban J connectivity index is 2.40. The average molecular weight is 86.2 g/mol. The highest BCUT2D eigenvalue weighted by Gasteiger charge is 1.64. The summed E-state index contributed by atoms with van der Waals surface area (Å²) in [5, 5.41) is 0. The highest BCUT2D eigenvalue weighted by Crippen LogP contribution is 1.87. The normalized spacial score (nSPS) is 7.40. The molecule has 0 rings (SSSR count). The maximum absolute atomic E-state index is 3.68. The second kappa shape index (κ2) is 4.09. The van der Waals surface area contributed by atoms with Gasteiger partial charge in [-0.3, -0.25) is 0 Å². The topological polar surface area (TPSA) is 0 Å². The SMILES string of the molecule is C=CC[C]S. The fourth-order valence-corrected chi connectivity index (χ4v) is 0.194. The smallest absolute Gasteiger partial charge is 0.0486 e. The number of allylic oxidation sites excluding steroid dienone is 1. The van der Waals surface area contributed by atoms with Gasteiger partial charge in [0.1, 0.15) is 0 Å². The van der Waals surface area contributed by atoms with Crippen molar-refractivity contribution in [1.29, 1.82) is 0 Å². The Morgan fingerprint density at radius 1 is 2.00 bits per heavy atom. The first-order valence-electron chi connectivity index (χ1n) is 1.39. The highest BCUT2D eigenvalue weighted by atomic mass is 32.1. The van der Waals surface area contributed by atoms with E-state index in [0.29, 0.717) is 0 Å². The minimum atomic E-state index is 0.767. The number of thiol groups is 1. The van der Waals surface area contributed by atoms with E-state index >= 15 is 0 Å². The van der Waals surface area contributed by atoms with Crippen LogP contribution in [0, 0.1) is 5.75 Å². The maximum Gasteiger partial charge on any atom is 0.0486 e. The second-order valence-corrected chi connectivity index (χ2v) is 0.967. The zero-order chi connectivity index (χ0) is 4.12. The molecule has 0 aliphatic heterocycles. The molecule has 0 nitrogen and oxygen atoms in total. The van der Waals surface area contributed by atoms with Crippen LogP contribution in [0.4, 0.5) is 0 Å². The Kier molecular flexibility index (Phi) is 4.16. The first-order chi connectivity index (χ1) is 2.41. The Labute approximate surface area is 38.3 Å². The summed E-state index contributed by atoms with van der Waals surface area (Å²) in [6.07, 6.45) is 2.51. The van der Waals surface area contributed by atoms with Crippen molar-refractivity contribution >= 4 is 12.6 Å². The van der Waals surface area contributed by atoms with Crippen molar-refractivity contribution in [2.75, 3.05) is 0 Å². The second-order valence-electron chi connectivity index (χ2n) is 0.651. The van der Waals surface area contributed by atoms with Gasteiger partial charge < -0.3 is 0 Å². The summed E-state index contributed by atoms with van der Waals surface area (Å²) in [5.41, 5.74) is 0. The van der Waals surface area contributed by atoms with Gasteiger partial charge in [-0.1, -0.05) is 6.08 Å². The van der Waals surface area contributed by atoms with Crippen molar-refractivity contribution in [1.82, 2.24) is 0 Å². The summed E-state index contributed by atoms with van der Waals surface area (Å²) < 4.78 is 0. The lowest BCUT2D eigenvalue weighted by Gasteiger charge is -1.70. The number of rotatable bonds is 2. The van der Waals surface area contributed by atoms with Crippen molar-refractivity contribution in [3.8, 4) is 0 Å². The van der Waals surface area contributed by atoms with Crippen LogP contribution in [0.15, 0.2) is 12.7 Å². The molecular formula is C4H6S. The lowest BCUT2D eigenvalue weighted by atomic mass is 10.5. The van der Waals surface area contributed by atoms with Crippen molar-refractivity contribution < 1.29 is 0 Å². The van der Waals surface area contributed by atoms with Crippen LogP contribution in [0.3, 0.4) is 0 Å². The van der Waals surface area contributed by atoms with Gasteiger partial charge in [0.2, 0.25) is 0 Å². The fourth-order valence-electron chi connectivity index (χ4n) is 0.0645. The molecule has 5 heavy (non-hydrogen) atoms. The Morgan fingerprint density at radius 3 is 2.60 bits per heavy atom. The standard InChI is InChI=1S/C4H6S/c1-2-3-4-5/h2,5H,1,3H2. The molecular weight excluding hydrogens is 80.1 g/mol. The van der Waals surface area contributed by atoms with Crippen molar-refractivity contribution in [2.24, 2.45) is 0 Å². The van der Waals surface area contributed by atoms with Crippen molar-refractivity contribution in [3.63, 3.8) is 0 Å². The predicted octanol–water partition coefficient (Wildman–Crippen LogP) is 1.53. The van der Waals surface area contributed by atoms with Crippen LogP contribution in [0.2, 0.25) is 0 Å². The molecule has 0 saturated carbocycles. The average Bonchev–Trinajstić information content (AvgIpc) is 1.41. The maximum atomic E-state index is 3.68. The van der Waals surface area contributed by atoms with Gasteiger partial charge in [0.25, 0.3) is 0 Å². The largest absolute Gasteiger partial charge is 0.169 e. The van der Waals surface area contributed by atoms with Gasteiger partial charge in [0, 0.05) is 5.75 Å². The van der Waals surface area contributed by atoms with E-state index in [9.17, 15) is 0 Å². The van der Waals surface area contributed by atoms with Crippen LogP contribution >= 0.6 is 12.6 Å². The molecule has 0 aliphatic carbocycles. The third-order valence-electron chi connectivity index (χ3n) is 0.236. The quantitative estimate of drug-likeness (QED) is 0.382. The van der Waals surface area contributed by atoms with Crippen LogP contribution in [-0.2, 0) is 0 Å². The first-order valence-corrected chi connectivity index (χ1v) is 1.84. The minimum Gasteiger partial charge on any atom is -0.169 e. The van der Waals surface area contributed by atoms with Crippen molar-refractivity contribution in [3.05, 3.63) is 18.4 Å². The molecule has 0 aromatic heterocycles. The van der Waals surface area contributed by atoms with Gasteiger partial charge in [-0.15, -0.1) is 6.58 Å². The lowest BCUT2D eigenvalue weighted by Crippen LogP contribution is -1.50. The zero-order valence-electron chi connectivity index (χ0n) is 2.94. The molecule has 0 bridgehead atoms.